The van der Waals surface area contributed by atoms with Crippen LogP contribution in [0.5, 0.6) is 0 Å². The fraction of sp³-hybridized carbons (Fsp3) is 0.250. The van der Waals surface area contributed by atoms with E-state index in [-0.39, 0.29) is 6.04 Å². The van der Waals surface area contributed by atoms with Gasteiger partial charge in [-0.05, 0) is 40.5 Å². The van der Waals surface area contributed by atoms with Crippen molar-refractivity contribution in [2.24, 2.45) is 5.73 Å². The summed E-state index contributed by atoms with van der Waals surface area (Å²) in [6.45, 7) is 1.94. The Kier molecular flexibility index (Phi) is 2.05. The summed E-state index contributed by atoms with van der Waals surface area (Å²) < 4.78 is 2.30. The van der Waals surface area contributed by atoms with Gasteiger partial charge < -0.3 is 5.73 Å². The van der Waals surface area contributed by atoms with Gasteiger partial charge >= 0.3 is 0 Å². The van der Waals surface area contributed by atoms with E-state index in [0.717, 1.165) is 11.2 Å². The molecule has 0 bridgehead atoms. The summed E-state index contributed by atoms with van der Waals surface area (Å²) in [4.78, 5) is 4.17. The summed E-state index contributed by atoms with van der Waals surface area (Å²) in [5.41, 5.74) is 7.61. The third-order valence-electron chi connectivity index (χ3n) is 1.86. The van der Waals surface area contributed by atoms with Crippen LogP contribution in [0.15, 0.2) is 23.1 Å². The van der Waals surface area contributed by atoms with E-state index in [1.165, 1.54) is 0 Å². The number of hydrogen-bond acceptors (Lipinski definition) is 3. The minimum absolute atomic E-state index is 0.0282. The van der Waals surface area contributed by atoms with Crippen LogP contribution in [-0.2, 0) is 0 Å². The molecular weight excluding hydrogens is 232 g/mol. The van der Waals surface area contributed by atoms with E-state index in [4.69, 9.17) is 5.73 Å². The van der Waals surface area contributed by atoms with Crippen molar-refractivity contribution in [2.45, 2.75) is 13.0 Å². The molecule has 0 spiro atoms. The molecule has 4 nitrogen and oxygen atoms in total. The minimum Gasteiger partial charge on any atom is -0.324 e. The summed E-state index contributed by atoms with van der Waals surface area (Å²) >= 11 is 3.21. The van der Waals surface area contributed by atoms with Crippen molar-refractivity contribution in [2.75, 3.05) is 0 Å². The summed E-state index contributed by atoms with van der Waals surface area (Å²) in [5, 5.41) is 4.10. The molecule has 0 aliphatic carbocycles. The summed E-state index contributed by atoms with van der Waals surface area (Å²) in [6, 6.07) is 3.90. The molecule has 0 fully saturated rings. The highest BCUT2D eigenvalue weighted by molar-refractivity contribution is 9.10. The zero-order valence-corrected chi connectivity index (χ0v) is 8.69. The number of halogens is 1. The molecule has 2 aromatic heterocycles. The van der Waals surface area contributed by atoms with Gasteiger partial charge in [0.2, 0.25) is 4.73 Å². The summed E-state index contributed by atoms with van der Waals surface area (Å²) in [7, 11) is 0. The normalized spacial score (nSPS) is 13.5. The van der Waals surface area contributed by atoms with Crippen LogP contribution in [0.4, 0.5) is 0 Å². The van der Waals surface area contributed by atoms with Crippen LogP contribution in [0.2, 0.25) is 0 Å². The first kappa shape index (κ1) is 8.65. The van der Waals surface area contributed by atoms with Crippen molar-refractivity contribution in [3.05, 3.63) is 28.6 Å². The molecule has 1 unspecified atom stereocenters. The predicted molar refractivity (Wildman–Crippen MR) is 53.3 cm³/mol. The fourth-order valence-electron chi connectivity index (χ4n) is 1.15. The number of nitrogens with two attached hydrogens (primary N) is 1. The van der Waals surface area contributed by atoms with Crippen LogP contribution in [0.3, 0.4) is 0 Å². The van der Waals surface area contributed by atoms with Crippen LogP contribution >= 0.6 is 15.9 Å². The van der Waals surface area contributed by atoms with Gasteiger partial charge in [0.25, 0.3) is 0 Å². The highest BCUT2D eigenvalue weighted by Crippen LogP contribution is 2.13. The average molecular weight is 241 g/mol. The molecule has 5 heteroatoms. The first-order valence-electron chi connectivity index (χ1n) is 3.94. The maximum Gasteiger partial charge on any atom is 0.218 e. The van der Waals surface area contributed by atoms with Gasteiger partial charge in [0.15, 0.2) is 5.65 Å². The van der Waals surface area contributed by atoms with Crippen molar-refractivity contribution >= 4 is 21.6 Å². The van der Waals surface area contributed by atoms with Crippen LogP contribution in [0, 0.1) is 0 Å². The Morgan fingerprint density at radius 2 is 2.38 bits per heavy atom. The monoisotopic (exact) mass is 240 g/mol. The van der Waals surface area contributed by atoms with Crippen molar-refractivity contribution in [1.29, 1.82) is 0 Å². The van der Waals surface area contributed by atoms with Gasteiger partial charge in [-0.3, -0.25) is 0 Å². The molecule has 0 aliphatic heterocycles. The Bertz CT molecular complexity index is 435. The number of fused-ring (bicyclic) bond motifs is 1. The molecule has 0 saturated carbocycles. The van der Waals surface area contributed by atoms with E-state index in [2.05, 4.69) is 26.0 Å². The third-order valence-corrected chi connectivity index (χ3v) is 2.20. The molecule has 2 heterocycles. The molecule has 2 N–H and O–H groups in total. The number of rotatable bonds is 1. The Morgan fingerprint density at radius 1 is 1.62 bits per heavy atom. The van der Waals surface area contributed by atoms with E-state index in [9.17, 15) is 0 Å². The standard InChI is InChI=1S/C8H9BrN4/c1-5(10)6-2-3-13-7(4-6)11-8(9)12-13/h2-5H,10H2,1H3. The quantitative estimate of drug-likeness (QED) is 0.823. The summed E-state index contributed by atoms with van der Waals surface area (Å²) in [6.07, 6.45) is 1.85. The smallest absolute Gasteiger partial charge is 0.218 e. The number of aromatic nitrogens is 3. The van der Waals surface area contributed by atoms with Crippen molar-refractivity contribution in [1.82, 2.24) is 14.6 Å². The maximum atomic E-state index is 5.74. The molecule has 0 saturated heterocycles. The first-order valence-corrected chi connectivity index (χ1v) is 4.73. The van der Waals surface area contributed by atoms with Gasteiger partial charge in [0.1, 0.15) is 0 Å². The highest BCUT2D eigenvalue weighted by atomic mass is 79.9. The van der Waals surface area contributed by atoms with Gasteiger partial charge in [-0.1, -0.05) is 0 Å². The number of pyridine rings is 1. The fourth-order valence-corrected chi connectivity index (χ4v) is 1.51. The maximum absolute atomic E-state index is 5.74. The number of nitrogens with zero attached hydrogens (tertiary/aromatic N) is 3. The van der Waals surface area contributed by atoms with Crippen LogP contribution in [0.25, 0.3) is 5.65 Å². The van der Waals surface area contributed by atoms with Crippen molar-refractivity contribution in [3.63, 3.8) is 0 Å². The molecule has 0 radical (unpaired) electrons. The molecule has 13 heavy (non-hydrogen) atoms. The van der Waals surface area contributed by atoms with Gasteiger partial charge in [-0.15, -0.1) is 5.10 Å². The lowest BCUT2D eigenvalue weighted by Gasteiger charge is -2.03. The molecule has 2 aromatic rings. The van der Waals surface area contributed by atoms with Gasteiger partial charge in [0.05, 0.1) is 0 Å². The molecule has 2 rings (SSSR count). The van der Waals surface area contributed by atoms with Gasteiger partial charge in [-0.2, -0.15) is 0 Å². The second kappa shape index (κ2) is 3.08. The largest absolute Gasteiger partial charge is 0.324 e. The Labute approximate surface area is 83.9 Å². The van der Waals surface area contributed by atoms with E-state index in [1.54, 1.807) is 4.52 Å². The van der Waals surface area contributed by atoms with E-state index < -0.39 is 0 Å². The Balaban J connectivity index is 2.61. The van der Waals surface area contributed by atoms with E-state index in [0.29, 0.717) is 4.73 Å². The van der Waals surface area contributed by atoms with Crippen molar-refractivity contribution < 1.29 is 0 Å². The Hall–Kier alpha value is -0.940. The second-order valence-corrected chi connectivity index (χ2v) is 3.64. The first-order chi connectivity index (χ1) is 6.16. The molecule has 0 aliphatic rings. The lowest BCUT2D eigenvalue weighted by molar-refractivity contribution is 0.811. The Morgan fingerprint density at radius 3 is 3.08 bits per heavy atom. The SMILES string of the molecule is CC(N)c1ccn2nc(Br)nc2c1. The number of hydrogen-bond donors (Lipinski definition) is 1. The average Bonchev–Trinajstić information content (AvgIpc) is 2.42. The highest BCUT2D eigenvalue weighted by Gasteiger charge is 2.03. The van der Waals surface area contributed by atoms with Crippen LogP contribution in [-0.4, -0.2) is 14.6 Å². The summed E-state index contributed by atoms with van der Waals surface area (Å²) in [5.74, 6) is 0. The van der Waals surface area contributed by atoms with E-state index in [1.807, 2.05) is 25.3 Å². The lowest BCUT2D eigenvalue weighted by atomic mass is 10.1. The third kappa shape index (κ3) is 1.57. The molecule has 0 amide bonds. The molecule has 1 atom stereocenters. The van der Waals surface area contributed by atoms with Crippen LogP contribution < -0.4 is 5.73 Å². The molecular formula is C8H9BrN4. The zero-order valence-electron chi connectivity index (χ0n) is 7.11. The molecule has 0 aromatic carbocycles. The topological polar surface area (TPSA) is 56.2 Å². The van der Waals surface area contributed by atoms with Gasteiger partial charge in [-0.25, -0.2) is 9.50 Å². The van der Waals surface area contributed by atoms with Crippen LogP contribution in [0.1, 0.15) is 18.5 Å². The zero-order chi connectivity index (χ0) is 9.42. The lowest BCUT2D eigenvalue weighted by Crippen LogP contribution is -2.05. The predicted octanol–water partition coefficient (Wildman–Crippen LogP) is 1.51. The molecule has 68 valence electrons. The van der Waals surface area contributed by atoms with Gasteiger partial charge in [0, 0.05) is 12.2 Å². The van der Waals surface area contributed by atoms with Crippen molar-refractivity contribution in [3.8, 4) is 0 Å². The van der Waals surface area contributed by atoms with E-state index >= 15 is 0 Å². The second-order valence-electron chi connectivity index (χ2n) is 2.93. The minimum atomic E-state index is 0.0282.